The van der Waals surface area contributed by atoms with Gasteiger partial charge in [-0.2, -0.15) is 0 Å². The van der Waals surface area contributed by atoms with E-state index in [0.717, 1.165) is 103 Å². The number of hydrogen-bond donors (Lipinski definition) is 0. The summed E-state index contributed by atoms with van der Waals surface area (Å²) in [5, 5.41) is 0. The molecule has 2 aliphatic rings. The van der Waals surface area contributed by atoms with Crippen molar-refractivity contribution in [2.24, 2.45) is 11.8 Å². The Morgan fingerprint density at radius 2 is 0.693 bits per heavy atom. The van der Waals surface area contributed by atoms with Gasteiger partial charge in [0.1, 0.15) is 19.3 Å². The van der Waals surface area contributed by atoms with Crippen LogP contribution in [0.4, 0.5) is 4.79 Å². The fraction of sp³-hybridized carbons (Fsp3) is 0.881. The van der Waals surface area contributed by atoms with E-state index in [0.29, 0.717) is 64.5 Å². The van der Waals surface area contributed by atoms with Crippen LogP contribution in [-0.2, 0) is 61.9 Å². The van der Waals surface area contributed by atoms with Crippen LogP contribution in [0.25, 0.3) is 0 Å². The molecule has 2 fully saturated rings. The van der Waals surface area contributed by atoms with Gasteiger partial charge in [-0.05, 0) is 45.6 Å². The maximum absolute atomic E-state index is 14.1. The molecule has 0 unspecified atom stereocenters. The van der Waals surface area contributed by atoms with Gasteiger partial charge in [-0.3, -0.25) is 38.6 Å². The number of hydrogen-bond acceptors (Lipinski definition) is 15. The molecule has 0 saturated carbocycles. The molecule has 16 heteroatoms. The number of carbonyl (C=O) groups is 7. The van der Waals surface area contributed by atoms with Crippen molar-refractivity contribution in [1.82, 2.24) is 9.80 Å². The summed E-state index contributed by atoms with van der Waals surface area (Å²) in [5.74, 6) is -3.89. The highest BCUT2D eigenvalue weighted by molar-refractivity contribution is 5.73. The number of rotatable bonds is 45. The molecule has 75 heavy (non-hydrogen) atoms. The van der Waals surface area contributed by atoms with E-state index >= 15 is 0 Å². The molecule has 0 aromatic rings. The Morgan fingerprint density at radius 1 is 0.400 bits per heavy atom. The number of esters is 6. The van der Waals surface area contributed by atoms with E-state index in [1.807, 2.05) is 11.9 Å². The number of carbonyl (C=O) groups excluding carboxylic acids is 7. The third kappa shape index (κ3) is 34.4. The van der Waals surface area contributed by atoms with Gasteiger partial charge in [0.2, 0.25) is 0 Å². The van der Waals surface area contributed by atoms with Gasteiger partial charge in [-0.1, -0.05) is 169 Å². The SMILES string of the molecule is CCCCCCCCC(=O)OCC(COC(=O)CCCCCCCC)CC(=O)OC[C@@H]1CCCC[C@@H](COC(=O)CC(COC(=O)CCCCCCCC)COC(=O)CCCCCCCC)N1C(=O)OC1CN(C)C1. The zero-order chi connectivity index (χ0) is 54.7. The van der Waals surface area contributed by atoms with Gasteiger partial charge in [0.25, 0.3) is 0 Å². The van der Waals surface area contributed by atoms with Crippen LogP contribution in [0.5, 0.6) is 0 Å². The maximum atomic E-state index is 14.1. The first-order chi connectivity index (χ1) is 36.4. The average molecular weight is 1070 g/mol. The van der Waals surface area contributed by atoms with Crippen molar-refractivity contribution in [2.45, 2.75) is 264 Å². The summed E-state index contributed by atoms with van der Waals surface area (Å²) in [6.45, 7) is 9.04. The first kappa shape index (κ1) is 67.2. The number of amides is 1. The van der Waals surface area contributed by atoms with Crippen molar-refractivity contribution in [3.63, 3.8) is 0 Å². The van der Waals surface area contributed by atoms with Crippen LogP contribution in [-0.4, -0.2) is 130 Å². The molecule has 0 bridgehead atoms. The molecule has 2 saturated heterocycles. The van der Waals surface area contributed by atoms with E-state index in [1.165, 1.54) is 25.7 Å². The Morgan fingerprint density at radius 3 is 0.987 bits per heavy atom. The molecule has 0 aromatic heterocycles. The largest absolute Gasteiger partial charge is 0.465 e. The van der Waals surface area contributed by atoms with Gasteiger partial charge in [0, 0.05) is 50.6 Å². The van der Waals surface area contributed by atoms with Crippen LogP contribution in [0.15, 0.2) is 0 Å². The molecule has 2 atom stereocenters. The Bertz CT molecular complexity index is 1400. The van der Waals surface area contributed by atoms with Crippen LogP contribution in [0.2, 0.25) is 0 Å². The van der Waals surface area contributed by atoms with Crippen molar-refractivity contribution < 1.29 is 66.7 Å². The molecule has 434 valence electrons. The summed E-state index contributed by atoms with van der Waals surface area (Å²) >= 11 is 0. The van der Waals surface area contributed by atoms with Crippen molar-refractivity contribution in [2.75, 3.05) is 59.8 Å². The van der Waals surface area contributed by atoms with Crippen LogP contribution < -0.4 is 0 Å². The third-order valence-electron chi connectivity index (χ3n) is 14.3. The van der Waals surface area contributed by atoms with Crippen LogP contribution in [0, 0.1) is 11.8 Å². The van der Waals surface area contributed by atoms with E-state index in [1.54, 1.807) is 4.90 Å². The molecule has 0 N–H and O–H groups in total. The van der Waals surface area contributed by atoms with E-state index < -0.39 is 42.0 Å². The summed E-state index contributed by atoms with van der Waals surface area (Å²) in [6.07, 6.45) is 26.9. The molecule has 0 aromatic carbocycles. The molecule has 0 spiro atoms. The summed E-state index contributed by atoms with van der Waals surface area (Å²) in [5.41, 5.74) is 0. The van der Waals surface area contributed by atoms with Gasteiger partial charge in [-0.25, -0.2) is 4.79 Å². The lowest BCUT2D eigenvalue weighted by atomic mass is 10.1. The summed E-state index contributed by atoms with van der Waals surface area (Å²) in [6, 6.07) is -1.20. The number of likely N-dealkylation sites (tertiary alicyclic amines) is 2. The summed E-state index contributed by atoms with van der Waals surface area (Å²) in [4.78, 5) is 95.9. The van der Waals surface area contributed by atoms with Crippen molar-refractivity contribution >= 4 is 41.9 Å². The number of unbranched alkanes of at least 4 members (excludes halogenated alkanes) is 20. The van der Waals surface area contributed by atoms with Gasteiger partial charge in [0.15, 0.2) is 0 Å². The first-order valence-electron chi connectivity index (χ1n) is 30.0. The fourth-order valence-corrected chi connectivity index (χ4v) is 9.51. The highest BCUT2D eigenvalue weighted by Gasteiger charge is 2.38. The Balaban J connectivity index is 2.13. The van der Waals surface area contributed by atoms with E-state index in [4.69, 9.17) is 33.2 Å². The lowest BCUT2D eigenvalue weighted by molar-refractivity contribution is -0.156. The lowest BCUT2D eigenvalue weighted by Crippen LogP contribution is -2.56. The normalized spacial score (nSPS) is 16.0. The quantitative estimate of drug-likeness (QED) is 0.0318. The standard InChI is InChI=1S/C59H104N2O14/c1-6-10-14-18-22-26-34-53(62)69-42-48(43-70-54(63)35-27-23-19-15-11-7-2)38-57(66)73-46-50-32-30-31-33-51(61(50)59(68)75-52-40-60(5)41-52)47-74-58(67)39-49(44-71-55(64)36-28-24-20-16-12-8-3)45-72-56(65)37-29-25-21-17-13-9-4/h48-52H,6-47H2,1-5H3/t50-,51-/m0/s1. The number of likely N-dealkylation sites (N-methyl/N-ethyl adjacent to an activating group) is 1. The van der Waals surface area contributed by atoms with E-state index in [9.17, 15) is 33.6 Å². The van der Waals surface area contributed by atoms with Crippen molar-refractivity contribution in [1.29, 1.82) is 0 Å². The molecule has 0 aliphatic carbocycles. The van der Waals surface area contributed by atoms with Crippen molar-refractivity contribution in [3.05, 3.63) is 0 Å². The monoisotopic (exact) mass is 1060 g/mol. The second kappa shape index (κ2) is 44.1. The van der Waals surface area contributed by atoms with Gasteiger partial charge < -0.3 is 33.2 Å². The zero-order valence-corrected chi connectivity index (χ0v) is 47.7. The molecular weight excluding hydrogens is 961 g/mol. The molecule has 2 rings (SSSR count). The summed E-state index contributed by atoms with van der Waals surface area (Å²) in [7, 11) is 1.93. The average Bonchev–Trinajstić information content (AvgIpc) is 3.59. The van der Waals surface area contributed by atoms with Gasteiger partial charge >= 0.3 is 41.9 Å². The maximum Gasteiger partial charge on any atom is 0.410 e. The Hall–Kier alpha value is -3.95. The molecular formula is C59H104N2O14. The smallest absolute Gasteiger partial charge is 0.410 e. The van der Waals surface area contributed by atoms with E-state index in [-0.39, 0.29) is 108 Å². The predicted molar refractivity (Wildman–Crippen MR) is 290 cm³/mol. The van der Waals surface area contributed by atoms with E-state index in [2.05, 4.69) is 27.7 Å². The topological polar surface area (TPSA) is 191 Å². The highest BCUT2D eigenvalue weighted by atomic mass is 16.6. The second-order valence-electron chi connectivity index (χ2n) is 21.5. The van der Waals surface area contributed by atoms with Gasteiger partial charge in [-0.15, -0.1) is 0 Å². The predicted octanol–water partition coefficient (Wildman–Crippen LogP) is 12.3. The molecule has 1 amide bonds. The highest BCUT2D eigenvalue weighted by Crippen LogP contribution is 2.26. The number of ether oxygens (including phenoxy) is 7. The molecule has 16 nitrogen and oxygen atoms in total. The summed E-state index contributed by atoms with van der Waals surface area (Å²) < 4.78 is 40.2. The Labute approximate surface area is 452 Å². The molecule has 0 radical (unpaired) electrons. The minimum atomic E-state index is -0.631. The minimum absolute atomic E-state index is 0.108. The zero-order valence-electron chi connectivity index (χ0n) is 47.7. The minimum Gasteiger partial charge on any atom is -0.465 e. The van der Waals surface area contributed by atoms with Crippen LogP contribution in [0.1, 0.15) is 246 Å². The number of nitrogens with zero attached hydrogens (tertiary/aromatic N) is 2. The van der Waals surface area contributed by atoms with Crippen molar-refractivity contribution in [3.8, 4) is 0 Å². The second-order valence-corrected chi connectivity index (χ2v) is 21.5. The molecule has 2 aliphatic heterocycles. The first-order valence-corrected chi connectivity index (χ1v) is 30.0. The Kier molecular flexibility index (Phi) is 39.5. The third-order valence-corrected chi connectivity index (χ3v) is 14.3. The van der Waals surface area contributed by atoms with Crippen LogP contribution in [0.3, 0.4) is 0 Å². The fourth-order valence-electron chi connectivity index (χ4n) is 9.51. The lowest BCUT2D eigenvalue weighted by Gasteiger charge is -2.40. The van der Waals surface area contributed by atoms with Crippen LogP contribution >= 0.6 is 0 Å². The van der Waals surface area contributed by atoms with Gasteiger partial charge in [0.05, 0.1) is 51.4 Å². The molecule has 2 heterocycles.